The lowest BCUT2D eigenvalue weighted by atomic mass is 9.84. The Morgan fingerprint density at radius 2 is 2.04 bits per heavy atom. The van der Waals surface area contributed by atoms with E-state index in [1.165, 1.54) is 23.0 Å². The summed E-state index contributed by atoms with van der Waals surface area (Å²) in [6, 6.07) is 10.2. The second-order valence-electron chi connectivity index (χ2n) is 6.51. The van der Waals surface area contributed by atoms with Gasteiger partial charge in [0.15, 0.2) is 0 Å². The zero-order valence-electron chi connectivity index (χ0n) is 14.9. The summed E-state index contributed by atoms with van der Waals surface area (Å²) >= 11 is 7.85. The van der Waals surface area contributed by atoms with Gasteiger partial charge in [0.25, 0.3) is 0 Å². The minimum absolute atomic E-state index is 0.0407. The van der Waals surface area contributed by atoms with Crippen LogP contribution in [0, 0.1) is 6.92 Å². The van der Waals surface area contributed by atoms with Crippen LogP contribution in [0.2, 0.25) is 4.34 Å². The van der Waals surface area contributed by atoms with Crippen molar-refractivity contribution in [3.05, 3.63) is 81.5 Å². The number of carbonyl (C=O) groups excluding carboxylic acids is 1. The molecule has 0 saturated carbocycles. The highest BCUT2D eigenvalue weighted by Gasteiger charge is 2.31. The molecule has 4 rings (SSSR count). The molecule has 0 aliphatic carbocycles. The Labute approximate surface area is 167 Å². The van der Waals surface area contributed by atoms with Gasteiger partial charge in [0, 0.05) is 35.3 Å². The summed E-state index contributed by atoms with van der Waals surface area (Å²) < 4.78 is 0.744. The van der Waals surface area contributed by atoms with Crippen LogP contribution in [-0.2, 0) is 11.3 Å². The van der Waals surface area contributed by atoms with Gasteiger partial charge in [-0.15, -0.1) is 11.3 Å². The Morgan fingerprint density at radius 3 is 2.78 bits per heavy atom. The number of carbonyl (C=O) groups is 1. The van der Waals surface area contributed by atoms with Crippen LogP contribution in [0.4, 0.5) is 0 Å². The standard InChI is InChI=1S/C21H18ClN3OS/c1-3-21(26)25-11-18(17-8-20(22)27-19(17)12-25)16-7-5-4-6-15(16)14-9-23-13(2)24-10-14/h3-10,18H,1,11-12H2,2H3/t18-/m1/s1. The van der Waals surface area contributed by atoms with Crippen molar-refractivity contribution in [2.45, 2.75) is 19.4 Å². The average Bonchev–Trinajstić information content (AvgIpc) is 3.07. The molecule has 0 saturated heterocycles. The van der Waals surface area contributed by atoms with Crippen molar-refractivity contribution in [1.29, 1.82) is 0 Å². The number of fused-ring (bicyclic) bond motifs is 1. The summed E-state index contributed by atoms with van der Waals surface area (Å²) in [7, 11) is 0. The molecule has 1 atom stereocenters. The van der Waals surface area contributed by atoms with Gasteiger partial charge in [-0.3, -0.25) is 4.79 Å². The molecular formula is C21H18ClN3OS. The second kappa shape index (κ2) is 7.25. The van der Waals surface area contributed by atoms with Crippen molar-refractivity contribution >= 4 is 28.8 Å². The fraction of sp³-hybridized carbons (Fsp3) is 0.190. The van der Waals surface area contributed by atoms with E-state index in [0.29, 0.717) is 13.1 Å². The van der Waals surface area contributed by atoms with Gasteiger partial charge in [-0.05, 0) is 35.8 Å². The number of amides is 1. The van der Waals surface area contributed by atoms with E-state index in [9.17, 15) is 4.79 Å². The van der Waals surface area contributed by atoms with E-state index in [-0.39, 0.29) is 11.8 Å². The van der Waals surface area contributed by atoms with Crippen molar-refractivity contribution in [2.75, 3.05) is 6.54 Å². The van der Waals surface area contributed by atoms with E-state index < -0.39 is 0 Å². The van der Waals surface area contributed by atoms with Gasteiger partial charge in [-0.2, -0.15) is 0 Å². The molecule has 136 valence electrons. The summed E-state index contributed by atoms with van der Waals surface area (Å²) in [5.74, 6) is 0.716. The third-order valence-corrected chi connectivity index (χ3v) is 6.10. The van der Waals surface area contributed by atoms with Crippen LogP contribution in [-0.4, -0.2) is 27.3 Å². The lowest BCUT2D eigenvalue weighted by Gasteiger charge is -2.33. The maximum Gasteiger partial charge on any atom is 0.246 e. The number of thiophene rings is 1. The maximum atomic E-state index is 12.3. The van der Waals surface area contributed by atoms with Crippen molar-refractivity contribution < 1.29 is 4.79 Å². The summed E-state index contributed by atoms with van der Waals surface area (Å²) in [5.41, 5.74) is 4.37. The van der Waals surface area contributed by atoms with Crippen LogP contribution in [0.25, 0.3) is 11.1 Å². The van der Waals surface area contributed by atoms with E-state index in [0.717, 1.165) is 31.7 Å². The molecule has 0 spiro atoms. The monoisotopic (exact) mass is 395 g/mol. The largest absolute Gasteiger partial charge is 0.333 e. The first-order chi connectivity index (χ1) is 13.1. The first kappa shape index (κ1) is 17.9. The van der Waals surface area contributed by atoms with Crippen LogP contribution in [0.5, 0.6) is 0 Å². The molecule has 1 amide bonds. The summed E-state index contributed by atoms with van der Waals surface area (Å²) in [6.45, 7) is 6.67. The van der Waals surface area contributed by atoms with E-state index in [1.807, 2.05) is 42.4 Å². The van der Waals surface area contributed by atoms with Crippen molar-refractivity contribution in [3.63, 3.8) is 0 Å². The van der Waals surface area contributed by atoms with Gasteiger partial charge in [-0.1, -0.05) is 42.4 Å². The lowest BCUT2D eigenvalue weighted by Crippen LogP contribution is -2.37. The fourth-order valence-electron chi connectivity index (χ4n) is 3.54. The molecule has 6 heteroatoms. The van der Waals surface area contributed by atoms with Gasteiger partial charge in [0.1, 0.15) is 5.82 Å². The smallest absolute Gasteiger partial charge is 0.246 e. The molecule has 2 aromatic heterocycles. The zero-order chi connectivity index (χ0) is 19.0. The summed E-state index contributed by atoms with van der Waals surface area (Å²) in [6.07, 6.45) is 5.06. The molecule has 3 heterocycles. The topological polar surface area (TPSA) is 46.1 Å². The number of nitrogens with zero attached hydrogens (tertiary/aromatic N) is 3. The van der Waals surface area contributed by atoms with Gasteiger partial charge in [0.05, 0.1) is 10.9 Å². The Balaban J connectivity index is 1.83. The minimum atomic E-state index is -0.0636. The van der Waals surface area contributed by atoms with Crippen LogP contribution < -0.4 is 0 Å². The predicted octanol–water partition coefficient (Wildman–Crippen LogP) is 4.83. The van der Waals surface area contributed by atoms with Gasteiger partial charge < -0.3 is 4.90 Å². The number of aromatic nitrogens is 2. The number of rotatable bonds is 3. The van der Waals surface area contributed by atoms with E-state index in [4.69, 9.17) is 11.6 Å². The predicted molar refractivity (Wildman–Crippen MR) is 109 cm³/mol. The number of aryl methyl sites for hydroxylation is 1. The third kappa shape index (κ3) is 3.40. The highest BCUT2D eigenvalue weighted by Crippen LogP contribution is 2.42. The Kier molecular flexibility index (Phi) is 4.81. The van der Waals surface area contributed by atoms with Crippen LogP contribution >= 0.6 is 22.9 Å². The highest BCUT2D eigenvalue weighted by molar-refractivity contribution is 7.16. The molecule has 1 aromatic carbocycles. The first-order valence-corrected chi connectivity index (χ1v) is 9.83. The molecule has 3 aromatic rings. The van der Waals surface area contributed by atoms with Crippen molar-refractivity contribution in [3.8, 4) is 11.1 Å². The van der Waals surface area contributed by atoms with Gasteiger partial charge in [-0.25, -0.2) is 9.97 Å². The SMILES string of the molecule is C=CC(=O)N1Cc2sc(Cl)cc2[C@@H](c2ccccc2-c2cnc(C)nc2)C1. The maximum absolute atomic E-state index is 12.3. The Bertz CT molecular complexity index is 1010. The van der Waals surface area contributed by atoms with E-state index in [1.54, 1.807) is 0 Å². The highest BCUT2D eigenvalue weighted by atomic mass is 35.5. The van der Waals surface area contributed by atoms with Crippen LogP contribution in [0.15, 0.2) is 55.4 Å². The average molecular weight is 396 g/mol. The Morgan fingerprint density at radius 1 is 1.30 bits per heavy atom. The summed E-state index contributed by atoms with van der Waals surface area (Å²) in [5, 5.41) is 0. The van der Waals surface area contributed by atoms with Gasteiger partial charge >= 0.3 is 0 Å². The molecule has 1 aliphatic heterocycles. The number of hydrogen-bond acceptors (Lipinski definition) is 4. The molecule has 0 radical (unpaired) electrons. The van der Waals surface area contributed by atoms with Gasteiger partial charge in [0.2, 0.25) is 5.91 Å². The number of benzene rings is 1. The molecule has 0 fully saturated rings. The van der Waals surface area contributed by atoms with E-state index >= 15 is 0 Å². The Hall–Kier alpha value is -2.50. The molecule has 0 bridgehead atoms. The third-order valence-electron chi connectivity index (χ3n) is 4.84. The molecule has 0 N–H and O–H groups in total. The quantitative estimate of drug-likeness (QED) is 0.597. The minimum Gasteiger partial charge on any atom is -0.333 e. The normalized spacial score (nSPS) is 16.1. The number of hydrogen-bond donors (Lipinski definition) is 0. The first-order valence-electron chi connectivity index (χ1n) is 8.64. The number of halogens is 1. The van der Waals surface area contributed by atoms with Crippen molar-refractivity contribution in [2.24, 2.45) is 0 Å². The second-order valence-corrected chi connectivity index (χ2v) is 8.28. The summed E-state index contributed by atoms with van der Waals surface area (Å²) in [4.78, 5) is 23.9. The van der Waals surface area contributed by atoms with E-state index in [2.05, 4.69) is 28.7 Å². The van der Waals surface area contributed by atoms with Crippen LogP contribution in [0.1, 0.15) is 27.7 Å². The molecule has 0 unspecified atom stereocenters. The zero-order valence-corrected chi connectivity index (χ0v) is 16.4. The van der Waals surface area contributed by atoms with Crippen LogP contribution in [0.3, 0.4) is 0 Å². The molecule has 27 heavy (non-hydrogen) atoms. The molecule has 4 nitrogen and oxygen atoms in total. The molecule has 1 aliphatic rings. The lowest BCUT2D eigenvalue weighted by molar-refractivity contribution is -0.127. The fourth-order valence-corrected chi connectivity index (χ4v) is 4.90. The molecular weight excluding hydrogens is 378 g/mol. The van der Waals surface area contributed by atoms with Crippen molar-refractivity contribution in [1.82, 2.24) is 14.9 Å².